The third-order valence-electron chi connectivity index (χ3n) is 2.96. The molecule has 2 rings (SSSR count). The van der Waals surface area contributed by atoms with E-state index < -0.39 is 6.10 Å². The van der Waals surface area contributed by atoms with Crippen LogP contribution in [0.5, 0.6) is 5.75 Å². The molecule has 0 radical (unpaired) electrons. The van der Waals surface area contributed by atoms with Crippen molar-refractivity contribution in [3.8, 4) is 5.75 Å². The van der Waals surface area contributed by atoms with Crippen LogP contribution in [0, 0.1) is 20.8 Å². The number of rotatable bonds is 3. The Labute approximate surface area is 111 Å². The van der Waals surface area contributed by atoms with Gasteiger partial charge < -0.3 is 9.84 Å². The number of hydrogen-bond acceptors (Lipinski definition) is 4. The van der Waals surface area contributed by atoms with Gasteiger partial charge in [0.25, 0.3) is 0 Å². The summed E-state index contributed by atoms with van der Waals surface area (Å²) in [7, 11) is 1.64. The van der Waals surface area contributed by atoms with Crippen LogP contribution < -0.4 is 4.74 Å². The normalized spacial score (nSPS) is 12.5. The molecule has 18 heavy (non-hydrogen) atoms. The number of aliphatic hydroxyl groups is 1. The van der Waals surface area contributed by atoms with Gasteiger partial charge in [0.2, 0.25) is 0 Å². The van der Waals surface area contributed by atoms with Gasteiger partial charge in [0, 0.05) is 0 Å². The maximum atomic E-state index is 10.5. The highest BCUT2D eigenvalue weighted by molar-refractivity contribution is 7.11. The molecule has 1 unspecified atom stereocenters. The molecule has 0 spiro atoms. The maximum absolute atomic E-state index is 10.5. The Morgan fingerprint density at radius 2 is 2.00 bits per heavy atom. The molecule has 0 bridgehead atoms. The number of benzene rings is 1. The van der Waals surface area contributed by atoms with E-state index in [-0.39, 0.29) is 0 Å². The van der Waals surface area contributed by atoms with E-state index in [0.29, 0.717) is 0 Å². The number of hydrogen-bond donors (Lipinski definition) is 1. The third kappa shape index (κ3) is 2.40. The Morgan fingerprint density at radius 1 is 1.28 bits per heavy atom. The van der Waals surface area contributed by atoms with E-state index in [0.717, 1.165) is 32.5 Å². The molecule has 0 aliphatic rings. The predicted octanol–water partition coefficient (Wildman–Crippen LogP) is 3.16. The molecule has 0 aliphatic carbocycles. The van der Waals surface area contributed by atoms with Crippen molar-refractivity contribution in [2.45, 2.75) is 26.9 Å². The summed E-state index contributed by atoms with van der Waals surface area (Å²) in [6.45, 7) is 5.86. The SMILES string of the molecule is COc1ccc(C(O)c2sc(C)nc2C)c(C)c1. The molecular formula is C14H17NO2S. The lowest BCUT2D eigenvalue weighted by Gasteiger charge is -2.13. The lowest BCUT2D eigenvalue weighted by atomic mass is 10.0. The first-order valence-corrected chi connectivity index (χ1v) is 6.61. The van der Waals surface area contributed by atoms with Crippen LogP contribution in [0.3, 0.4) is 0 Å². The molecular weight excluding hydrogens is 246 g/mol. The van der Waals surface area contributed by atoms with Gasteiger partial charge in [-0.15, -0.1) is 11.3 Å². The lowest BCUT2D eigenvalue weighted by Crippen LogP contribution is -2.02. The van der Waals surface area contributed by atoms with Crippen molar-refractivity contribution in [1.82, 2.24) is 4.98 Å². The van der Waals surface area contributed by atoms with Crippen molar-refractivity contribution < 1.29 is 9.84 Å². The molecule has 0 saturated heterocycles. The number of aryl methyl sites for hydroxylation is 3. The van der Waals surface area contributed by atoms with E-state index in [1.807, 2.05) is 39.0 Å². The van der Waals surface area contributed by atoms with Crippen molar-refractivity contribution >= 4 is 11.3 Å². The smallest absolute Gasteiger partial charge is 0.119 e. The van der Waals surface area contributed by atoms with Gasteiger partial charge >= 0.3 is 0 Å². The van der Waals surface area contributed by atoms with Crippen LogP contribution in [-0.2, 0) is 0 Å². The minimum absolute atomic E-state index is 0.609. The molecule has 0 amide bonds. The average Bonchev–Trinajstić information content (AvgIpc) is 2.67. The Morgan fingerprint density at radius 3 is 2.50 bits per heavy atom. The number of nitrogens with zero attached hydrogens (tertiary/aromatic N) is 1. The summed E-state index contributed by atoms with van der Waals surface area (Å²) in [6, 6.07) is 5.71. The summed E-state index contributed by atoms with van der Waals surface area (Å²) in [4.78, 5) is 5.27. The molecule has 1 aromatic carbocycles. The van der Waals surface area contributed by atoms with E-state index in [1.54, 1.807) is 18.4 Å². The first kappa shape index (κ1) is 13.1. The quantitative estimate of drug-likeness (QED) is 0.925. The monoisotopic (exact) mass is 263 g/mol. The number of thiazole rings is 1. The van der Waals surface area contributed by atoms with Crippen LogP contribution >= 0.6 is 11.3 Å². The molecule has 0 aliphatic heterocycles. The van der Waals surface area contributed by atoms with Crippen molar-refractivity contribution in [3.05, 3.63) is 44.9 Å². The maximum Gasteiger partial charge on any atom is 0.119 e. The van der Waals surface area contributed by atoms with Crippen molar-refractivity contribution in [1.29, 1.82) is 0 Å². The Kier molecular flexibility index (Phi) is 3.68. The molecule has 1 atom stereocenters. The molecule has 4 heteroatoms. The van der Waals surface area contributed by atoms with Crippen LogP contribution in [0.2, 0.25) is 0 Å². The number of aromatic nitrogens is 1. The van der Waals surface area contributed by atoms with Gasteiger partial charge in [-0.3, -0.25) is 0 Å². The highest BCUT2D eigenvalue weighted by Crippen LogP contribution is 2.32. The summed E-state index contributed by atoms with van der Waals surface area (Å²) >= 11 is 1.54. The van der Waals surface area contributed by atoms with Crippen LogP contribution in [0.15, 0.2) is 18.2 Å². The fourth-order valence-corrected chi connectivity index (χ4v) is 2.96. The number of aliphatic hydroxyl groups excluding tert-OH is 1. The number of methoxy groups -OCH3 is 1. The van der Waals surface area contributed by atoms with Gasteiger partial charge in [0.1, 0.15) is 11.9 Å². The summed E-state index contributed by atoms with van der Waals surface area (Å²) in [5.74, 6) is 0.806. The second-order valence-corrected chi connectivity index (χ2v) is 5.54. The van der Waals surface area contributed by atoms with Crippen molar-refractivity contribution in [2.24, 2.45) is 0 Å². The topological polar surface area (TPSA) is 42.4 Å². The van der Waals surface area contributed by atoms with Crippen LogP contribution in [-0.4, -0.2) is 17.2 Å². The van der Waals surface area contributed by atoms with Crippen LogP contribution in [0.1, 0.15) is 32.8 Å². The highest BCUT2D eigenvalue weighted by atomic mass is 32.1. The Hall–Kier alpha value is -1.39. The molecule has 0 fully saturated rings. The summed E-state index contributed by atoms with van der Waals surface area (Å²) in [5, 5.41) is 11.4. The summed E-state index contributed by atoms with van der Waals surface area (Å²) < 4.78 is 5.17. The first-order valence-electron chi connectivity index (χ1n) is 5.79. The molecule has 0 saturated carbocycles. The minimum Gasteiger partial charge on any atom is -0.497 e. The predicted molar refractivity (Wildman–Crippen MR) is 73.4 cm³/mol. The van der Waals surface area contributed by atoms with Crippen LogP contribution in [0.25, 0.3) is 0 Å². The summed E-state index contributed by atoms with van der Waals surface area (Å²) in [6.07, 6.45) is -0.609. The Balaban J connectivity index is 2.39. The molecule has 3 nitrogen and oxygen atoms in total. The van der Waals surface area contributed by atoms with E-state index in [9.17, 15) is 5.11 Å². The van der Waals surface area contributed by atoms with Gasteiger partial charge in [-0.2, -0.15) is 0 Å². The lowest BCUT2D eigenvalue weighted by molar-refractivity contribution is 0.222. The second kappa shape index (κ2) is 5.08. The number of ether oxygens (including phenoxy) is 1. The van der Waals surface area contributed by atoms with Gasteiger partial charge in [0.05, 0.1) is 22.7 Å². The van der Waals surface area contributed by atoms with Gasteiger partial charge in [-0.1, -0.05) is 6.07 Å². The zero-order valence-electron chi connectivity index (χ0n) is 11.0. The molecule has 2 aromatic rings. The molecule has 1 aromatic heterocycles. The molecule has 1 heterocycles. The van der Waals surface area contributed by atoms with Gasteiger partial charge in [-0.25, -0.2) is 4.98 Å². The fraction of sp³-hybridized carbons (Fsp3) is 0.357. The molecule has 96 valence electrons. The molecule has 1 N–H and O–H groups in total. The fourth-order valence-electron chi connectivity index (χ4n) is 2.02. The van der Waals surface area contributed by atoms with E-state index in [1.165, 1.54) is 0 Å². The minimum atomic E-state index is -0.609. The highest BCUT2D eigenvalue weighted by Gasteiger charge is 2.18. The van der Waals surface area contributed by atoms with E-state index in [2.05, 4.69) is 4.98 Å². The second-order valence-electron chi connectivity index (χ2n) is 4.31. The first-order chi connectivity index (χ1) is 8.52. The largest absolute Gasteiger partial charge is 0.497 e. The average molecular weight is 263 g/mol. The van der Waals surface area contributed by atoms with E-state index >= 15 is 0 Å². The zero-order chi connectivity index (χ0) is 13.3. The van der Waals surface area contributed by atoms with E-state index in [4.69, 9.17) is 4.74 Å². The summed E-state index contributed by atoms with van der Waals surface area (Å²) in [5.41, 5.74) is 2.83. The van der Waals surface area contributed by atoms with Crippen molar-refractivity contribution in [2.75, 3.05) is 7.11 Å². The van der Waals surface area contributed by atoms with Crippen LogP contribution in [0.4, 0.5) is 0 Å². The zero-order valence-corrected chi connectivity index (χ0v) is 11.8. The Bertz CT molecular complexity index is 563. The van der Waals surface area contributed by atoms with Crippen molar-refractivity contribution in [3.63, 3.8) is 0 Å². The van der Waals surface area contributed by atoms with Gasteiger partial charge in [0.15, 0.2) is 0 Å². The van der Waals surface area contributed by atoms with Gasteiger partial charge in [-0.05, 0) is 44.0 Å². The standard InChI is InChI=1S/C14H17NO2S/c1-8-7-11(17-4)5-6-12(8)13(16)14-9(2)15-10(3)18-14/h5-7,13,16H,1-4H3. The third-order valence-corrected chi connectivity index (χ3v) is 4.08.